The Morgan fingerprint density at radius 3 is 1.67 bits per heavy atom. The van der Waals surface area contributed by atoms with Crippen LogP contribution < -0.4 is 25.9 Å². The topological polar surface area (TPSA) is 31.6 Å². The van der Waals surface area contributed by atoms with Gasteiger partial charge in [-0.15, -0.1) is 0 Å². The lowest BCUT2D eigenvalue weighted by Crippen LogP contribution is -2.57. The first-order valence-electron chi connectivity index (χ1n) is 19.9. The third kappa shape index (κ3) is 4.51. The summed E-state index contributed by atoms with van der Waals surface area (Å²) in [5.41, 5.74) is 12.3. The Balaban J connectivity index is 1.00. The van der Waals surface area contributed by atoms with Crippen molar-refractivity contribution in [3.63, 3.8) is 0 Å². The van der Waals surface area contributed by atoms with Gasteiger partial charge in [0.25, 0.3) is 6.71 Å². The molecule has 1 aromatic heterocycles. The van der Waals surface area contributed by atoms with E-state index in [0.29, 0.717) is 0 Å². The number of fused-ring (bicyclic) bond motifs is 10. The van der Waals surface area contributed by atoms with Crippen molar-refractivity contribution in [2.45, 2.75) is 0 Å². The van der Waals surface area contributed by atoms with Gasteiger partial charge in [-0.1, -0.05) is 140 Å². The van der Waals surface area contributed by atoms with Gasteiger partial charge >= 0.3 is 0 Å². The predicted octanol–water partition coefficient (Wildman–Crippen LogP) is 12.8. The minimum atomic E-state index is 0.0308. The summed E-state index contributed by atoms with van der Waals surface area (Å²) in [6.45, 7) is 0.0308. The molecule has 58 heavy (non-hydrogen) atoms. The molecule has 0 amide bonds. The molecule has 11 aromatic rings. The summed E-state index contributed by atoms with van der Waals surface area (Å²) >= 11 is 0. The zero-order valence-electron chi connectivity index (χ0n) is 31.2. The molecular formula is C54H31BO3. The van der Waals surface area contributed by atoms with Crippen LogP contribution in [-0.2, 0) is 0 Å². The van der Waals surface area contributed by atoms with Crippen LogP contribution in [0, 0.1) is 0 Å². The lowest BCUT2D eigenvalue weighted by molar-refractivity contribution is 0.464. The van der Waals surface area contributed by atoms with Crippen molar-refractivity contribution in [3.05, 3.63) is 188 Å². The van der Waals surface area contributed by atoms with Gasteiger partial charge in [0.2, 0.25) is 0 Å². The van der Waals surface area contributed by atoms with Crippen LogP contribution >= 0.6 is 0 Å². The minimum absolute atomic E-state index is 0.0308. The van der Waals surface area contributed by atoms with Gasteiger partial charge in [-0.3, -0.25) is 0 Å². The lowest BCUT2D eigenvalue weighted by atomic mass is 9.35. The highest BCUT2D eigenvalue weighted by molar-refractivity contribution is 6.98. The van der Waals surface area contributed by atoms with Crippen molar-refractivity contribution in [1.29, 1.82) is 0 Å². The maximum atomic E-state index is 6.74. The normalized spacial score (nSPS) is 12.7. The number of ether oxygens (including phenoxy) is 2. The lowest BCUT2D eigenvalue weighted by Gasteiger charge is -2.33. The summed E-state index contributed by atoms with van der Waals surface area (Å²) in [7, 11) is 0. The monoisotopic (exact) mass is 738 g/mol. The van der Waals surface area contributed by atoms with E-state index in [1.54, 1.807) is 0 Å². The second kappa shape index (κ2) is 12.0. The first kappa shape index (κ1) is 31.6. The highest BCUT2D eigenvalue weighted by Crippen LogP contribution is 2.47. The van der Waals surface area contributed by atoms with Gasteiger partial charge in [-0.05, 0) is 125 Å². The SMILES string of the molecule is c1ccc2c(c1)Oc1cccc3c1B2c1ccc(-c2ccccc2-c2c4ccccc4c(-c4ccc5oc6cc7ccccc7cc6c5c4)c4ccccc24)cc1O3. The quantitative estimate of drug-likeness (QED) is 0.134. The molecule has 2 aliphatic heterocycles. The molecule has 4 heteroatoms. The van der Waals surface area contributed by atoms with Crippen molar-refractivity contribution in [2.24, 2.45) is 0 Å². The highest BCUT2D eigenvalue weighted by atomic mass is 16.5. The number of hydrogen-bond acceptors (Lipinski definition) is 3. The number of rotatable bonds is 3. The van der Waals surface area contributed by atoms with Crippen molar-refractivity contribution in [3.8, 4) is 56.4 Å². The smallest absolute Gasteiger partial charge is 0.260 e. The number of para-hydroxylation sites is 1. The summed E-state index contributed by atoms with van der Waals surface area (Å²) in [6, 6.07) is 67.4. The molecular weight excluding hydrogens is 707 g/mol. The van der Waals surface area contributed by atoms with E-state index in [1.165, 1.54) is 54.6 Å². The van der Waals surface area contributed by atoms with Gasteiger partial charge < -0.3 is 13.9 Å². The van der Waals surface area contributed by atoms with Crippen LogP contribution in [0.5, 0.6) is 23.0 Å². The summed E-state index contributed by atoms with van der Waals surface area (Å²) in [4.78, 5) is 0. The molecule has 0 atom stereocenters. The fourth-order valence-corrected chi connectivity index (χ4v) is 9.84. The van der Waals surface area contributed by atoms with Gasteiger partial charge in [0.15, 0.2) is 0 Å². The Morgan fingerprint density at radius 2 is 0.897 bits per heavy atom. The Labute approximate surface area is 334 Å². The van der Waals surface area contributed by atoms with E-state index in [1.807, 2.05) is 18.2 Å². The second-order valence-corrected chi connectivity index (χ2v) is 15.5. The van der Waals surface area contributed by atoms with Crippen LogP contribution in [0.25, 0.3) is 87.6 Å². The highest BCUT2D eigenvalue weighted by Gasteiger charge is 2.40. The fraction of sp³-hybridized carbons (Fsp3) is 0. The van der Waals surface area contributed by atoms with Gasteiger partial charge in [-0.2, -0.15) is 0 Å². The summed E-state index contributed by atoms with van der Waals surface area (Å²) in [5, 5.41) is 9.49. The van der Waals surface area contributed by atoms with E-state index in [9.17, 15) is 0 Å². The van der Waals surface area contributed by atoms with Crippen molar-refractivity contribution < 1.29 is 13.9 Å². The summed E-state index contributed by atoms with van der Waals surface area (Å²) < 4.78 is 19.5. The first-order chi connectivity index (χ1) is 28.7. The molecule has 10 aromatic carbocycles. The number of benzene rings is 10. The van der Waals surface area contributed by atoms with E-state index in [2.05, 4.69) is 170 Å². The molecule has 2 aliphatic rings. The van der Waals surface area contributed by atoms with Crippen molar-refractivity contribution in [2.75, 3.05) is 0 Å². The molecule has 0 spiro atoms. The summed E-state index contributed by atoms with van der Waals surface area (Å²) in [6.07, 6.45) is 0. The zero-order valence-corrected chi connectivity index (χ0v) is 31.2. The fourth-order valence-electron chi connectivity index (χ4n) is 9.84. The standard InChI is InChI=1S/C54H31BO3/c1-2-13-33-30-50-43(28-32(33)12-1)42-29-35(25-27-46(42)56-50)52-38-16-5-7-18-40(38)53(41-19-8-6-17-39(41)52)37-15-4-3-14-36(37)34-24-26-45-51(31-34)58-49-23-11-22-48-54(49)55(45)44-20-9-10-21-47(44)57-48/h1-31H. The second-order valence-electron chi connectivity index (χ2n) is 15.5. The molecule has 0 N–H and O–H groups in total. The molecule has 3 heterocycles. The summed E-state index contributed by atoms with van der Waals surface area (Å²) in [5.74, 6) is 3.47. The van der Waals surface area contributed by atoms with Crippen LogP contribution in [-0.4, -0.2) is 6.71 Å². The van der Waals surface area contributed by atoms with Gasteiger partial charge in [0, 0.05) is 16.2 Å². The van der Waals surface area contributed by atoms with Crippen LogP contribution in [0.4, 0.5) is 0 Å². The Kier molecular flexibility index (Phi) is 6.53. The Hall–Kier alpha value is -7.56. The molecule has 0 radical (unpaired) electrons. The zero-order chi connectivity index (χ0) is 37.9. The van der Waals surface area contributed by atoms with Gasteiger partial charge in [0.1, 0.15) is 34.2 Å². The molecule has 268 valence electrons. The molecule has 0 bridgehead atoms. The van der Waals surface area contributed by atoms with Crippen molar-refractivity contribution in [1.82, 2.24) is 0 Å². The van der Waals surface area contributed by atoms with Gasteiger partial charge in [0.05, 0.1) is 0 Å². The molecule has 0 saturated heterocycles. The van der Waals surface area contributed by atoms with Gasteiger partial charge in [-0.25, -0.2) is 0 Å². The largest absolute Gasteiger partial charge is 0.458 e. The van der Waals surface area contributed by atoms with Crippen LogP contribution in [0.1, 0.15) is 0 Å². The van der Waals surface area contributed by atoms with E-state index in [-0.39, 0.29) is 6.71 Å². The van der Waals surface area contributed by atoms with E-state index >= 15 is 0 Å². The first-order valence-corrected chi connectivity index (χ1v) is 19.9. The average Bonchev–Trinajstić information content (AvgIpc) is 3.63. The van der Waals surface area contributed by atoms with Crippen LogP contribution in [0.15, 0.2) is 192 Å². The molecule has 0 unspecified atom stereocenters. The van der Waals surface area contributed by atoms with E-state index in [0.717, 1.165) is 72.5 Å². The predicted molar refractivity (Wildman–Crippen MR) is 240 cm³/mol. The van der Waals surface area contributed by atoms with Crippen LogP contribution in [0.2, 0.25) is 0 Å². The maximum absolute atomic E-state index is 6.74. The average molecular weight is 739 g/mol. The molecule has 3 nitrogen and oxygen atoms in total. The third-order valence-electron chi connectivity index (χ3n) is 12.4. The molecule has 0 aliphatic carbocycles. The minimum Gasteiger partial charge on any atom is -0.458 e. The Bertz CT molecular complexity index is 3490. The third-order valence-corrected chi connectivity index (χ3v) is 12.4. The number of hydrogen-bond donors (Lipinski definition) is 0. The maximum Gasteiger partial charge on any atom is 0.260 e. The Morgan fingerprint density at radius 1 is 0.328 bits per heavy atom. The molecule has 0 saturated carbocycles. The molecule has 0 fully saturated rings. The van der Waals surface area contributed by atoms with Crippen molar-refractivity contribution >= 4 is 77.4 Å². The van der Waals surface area contributed by atoms with E-state index in [4.69, 9.17) is 13.9 Å². The number of furan rings is 1. The van der Waals surface area contributed by atoms with Crippen LogP contribution in [0.3, 0.4) is 0 Å². The molecule has 13 rings (SSSR count). The van der Waals surface area contributed by atoms with E-state index < -0.39 is 0 Å².